The molecule has 59 heavy (non-hydrogen) atoms. The van der Waals surface area contributed by atoms with Gasteiger partial charge in [-0.25, -0.2) is 0 Å². The van der Waals surface area contributed by atoms with Gasteiger partial charge < -0.3 is 28.4 Å². The molecule has 0 N–H and O–H groups in total. The van der Waals surface area contributed by atoms with Crippen molar-refractivity contribution in [1.29, 1.82) is 0 Å². The highest BCUT2D eigenvalue weighted by Gasteiger charge is 2.43. The van der Waals surface area contributed by atoms with E-state index in [1.807, 2.05) is 153 Å². The van der Waals surface area contributed by atoms with Gasteiger partial charge in [0.05, 0.1) is 39.6 Å². The molecule has 0 fully saturated rings. The van der Waals surface area contributed by atoms with Gasteiger partial charge in [0, 0.05) is 23.1 Å². The van der Waals surface area contributed by atoms with Crippen LogP contribution in [0.1, 0.15) is 46.5 Å². The Labute approximate surface area is 351 Å². The molecule has 6 rings (SSSR count). The maximum atomic E-state index is 15.2. The fourth-order valence-electron chi connectivity index (χ4n) is 6.62. The lowest BCUT2D eigenvalue weighted by Gasteiger charge is -2.37. The molecular weight excluding hydrogens is 764 g/mol. The van der Waals surface area contributed by atoms with Crippen LogP contribution in [0.3, 0.4) is 0 Å². The molecule has 0 aromatic heterocycles. The molecule has 0 aliphatic heterocycles. The van der Waals surface area contributed by atoms with Crippen LogP contribution >= 0.6 is 11.6 Å². The first kappa shape index (κ1) is 43.0. The minimum atomic E-state index is -1.26. The van der Waals surface area contributed by atoms with Crippen LogP contribution in [0.2, 0.25) is 5.02 Å². The molecule has 0 bridgehead atoms. The molecule has 6 aromatic carbocycles. The minimum Gasteiger partial charge on any atom is -0.494 e. The van der Waals surface area contributed by atoms with Gasteiger partial charge in [-0.3, -0.25) is 9.59 Å². The van der Waals surface area contributed by atoms with E-state index in [-0.39, 0.29) is 38.8 Å². The maximum absolute atomic E-state index is 15.2. The van der Waals surface area contributed by atoms with Gasteiger partial charge in [-0.1, -0.05) is 145 Å². The molecule has 0 amide bonds. The van der Waals surface area contributed by atoms with Crippen molar-refractivity contribution in [3.05, 3.63) is 197 Å². The number of esters is 1. The van der Waals surface area contributed by atoms with Crippen molar-refractivity contribution in [2.75, 3.05) is 13.2 Å². The number of ketones is 1. The molecule has 4 unspecified atom stereocenters. The smallest absolute Gasteiger partial charge is 0.303 e. The predicted octanol–water partition coefficient (Wildman–Crippen LogP) is 10.5. The molecule has 0 radical (unpaired) electrons. The largest absolute Gasteiger partial charge is 0.494 e. The van der Waals surface area contributed by atoms with Crippen molar-refractivity contribution in [3.63, 3.8) is 0 Å². The third-order valence-electron chi connectivity index (χ3n) is 9.53. The van der Waals surface area contributed by atoms with Gasteiger partial charge in [-0.2, -0.15) is 0 Å². The Bertz CT molecular complexity index is 2170. The summed E-state index contributed by atoms with van der Waals surface area (Å²) in [5.74, 6) is -0.189. The zero-order valence-corrected chi connectivity index (χ0v) is 34.0. The van der Waals surface area contributed by atoms with Crippen LogP contribution in [0.25, 0.3) is 11.1 Å². The average molecular weight is 813 g/mol. The lowest BCUT2D eigenvalue weighted by atomic mass is 9.93. The predicted molar refractivity (Wildman–Crippen MR) is 229 cm³/mol. The van der Waals surface area contributed by atoms with Crippen LogP contribution in [0.5, 0.6) is 5.75 Å². The second-order valence-corrected chi connectivity index (χ2v) is 14.3. The Morgan fingerprint density at radius 1 is 0.576 bits per heavy atom. The molecule has 0 aliphatic rings. The van der Waals surface area contributed by atoms with E-state index in [0.717, 1.165) is 33.6 Å². The topological polar surface area (TPSA) is 89.5 Å². The van der Waals surface area contributed by atoms with Crippen molar-refractivity contribution >= 4 is 23.4 Å². The molecule has 0 saturated carbocycles. The summed E-state index contributed by atoms with van der Waals surface area (Å²) in [5.41, 5.74) is 5.34. The molecule has 0 saturated heterocycles. The Morgan fingerprint density at radius 2 is 1.07 bits per heavy atom. The molecule has 4 atom stereocenters. The zero-order chi connectivity index (χ0) is 41.2. The van der Waals surface area contributed by atoms with Gasteiger partial charge in [-0.05, 0) is 65.1 Å². The Morgan fingerprint density at radius 3 is 1.58 bits per heavy atom. The number of rotatable bonds is 22. The van der Waals surface area contributed by atoms with E-state index >= 15 is 4.79 Å². The number of hydrogen-bond acceptors (Lipinski definition) is 8. The summed E-state index contributed by atoms with van der Waals surface area (Å²) in [6.07, 6.45) is -4.45. The van der Waals surface area contributed by atoms with E-state index in [0.29, 0.717) is 22.8 Å². The van der Waals surface area contributed by atoms with Gasteiger partial charge in [-0.15, -0.1) is 0 Å². The summed E-state index contributed by atoms with van der Waals surface area (Å²) in [6, 6.07) is 51.3. The van der Waals surface area contributed by atoms with Crippen LogP contribution in [0.15, 0.2) is 164 Å². The van der Waals surface area contributed by atoms with Crippen LogP contribution in [-0.4, -0.2) is 49.4 Å². The molecule has 0 spiro atoms. The van der Waals surface area contributed by atoms with Crippen LogP contribution in [0.4, 0.5) is 0 Å². The average Bonchev–Trinajstić information content (AvgIpc) is 3.27. The fraction of sp³-hybridized carbons (Fsp3) is 0.240. The molecule has 0 aliphatic carbocycles. The van der Waals surface area contributed by atoms with Crippen molar-refractivity contribution in [2.24, 2.45) is 0 Å². The number of hydrogen-bond donors (Lipinski definition) is 0. The summed E-state index contributed by atoms with van der Waals surface area (Å²) in [4.78, 5) is 28.1. The van der Waals surface area contributed by atoms with E-state index in [2.05, 4.69) is 0 Å². The maximum Gasteiger partial charge on any atom is 0.303 e. The lowest BCUT2D eigenvalue weighted by molar-refractivity contribution is -0.194. The van der Waals surface area contributed by atoms with Gasteiger partial charge >= 0.3 is 5.97 Å². The quantitative estimate of drug-likeness (QED) is 0.0495. The van der Waals surface area contributed by atoms with E-state index in [1.54, 1.807) is 18.2 Å². The van der Waals surface area contributed by atoms with Crippen LogP contribution in [-0.2, 0) is 54.9 Å². The molecular formula is C50H49ClO8. The monoisotopic (exact) mass is 812 g/mol. The summed E-state index contributed by atoms with van der Waals surface area (Å²) in [6.45, 7) is 4.30. The third-order valence-corrected chi connectivity index (χ3v) is 9.86. The highest BCUT2D eigenvalue weighted by molar-refractivity contribution is 6.33. The van der Waals surface area contributed by atoms with Crippen molar-refractivity contribution in [3.8, 4) is 16.9 Å². The van der Waals surface area contributed by atoms with E-state index < -0.39 is 30.4 Å². The Balaban J connectivity index is 1.43. The first-order valence-corrected chi connectivity index (χ1v) is 20.1. The van der Waals surface area contributed by atoms with Crippen molar-refractivity contribution in [2.45, 2.75) is 64.7 Å². The highest BCUT2D eigenvalue weighted by atomic mass is 35.5. The van der Waals surface area contributed by atoms with Crippen molar-refractivity contribution < 1.29 is 38.0 Å². The summed E-state index contributed by atoms with van der Waals surface area (Å²) < 4.78 is 38.2. The minimum absolute atomic E-state index is 0.0540. The van der Waals surface area contributed by atoms with E-state index in [9.17, 15) is 4.79 Å². The second kappa shape index (κ2) is 22.5. The number of Topliss-reactive ketones (excluding diaryl/α,β-unsaturated/α-hetero) is 1. The van der Waals surface area contributed by atoms with E-state index in [1.165, 1.54) is 6.92 Å². The van der Waals surface area contributed by atoms with Crippen LogP contribution in [0, 0.1) is 0 Å². The number of halogens is 1. The summed E-state index contributed by atoms with van der Waals surface area (Å²) >= 11 is 6.79. The summed E-state index contributed by atoms with van der Waals surface area (Å²) in [5, 5.41) is 0.471. The first-order valence-electron chi connectivity index (χ1n) is 19.7. The Kier molecular flexibility index (Phi) is 16.4. The molecule has 304 valence electrons. The second-order valence-electron chi connectivity index (χ2n) is 13.9. The van der Waals surface area contributed by atoms with E-state index in [4.69, 9.17) is 40.0 Å². The molecule has 8 nitrogen and oxygen atoms in total. The third kappa shape index (κ3) is 12.9. The summed E-state index contributed by atoms with van der Waals surface area (Å²) in [7, 11) is 0. The van der Waals surface area contributed by atoms with Crippen LogP contribution < -0.4 is 4.74 Å². The van der Waals surface area contributed by atoms with Gasteiger partial charge in [0.15, 0.2) is 11.9 Å². The number of benzene rings is 6. The lowest BCUT2D eigenvalue weighted by Crippen LogP contribution is -2.53. The standard InChI is InChI=1S/C50H49ClO8/c1-3-55-43-27-24-41(25-28-43)44-30-42(26-29-45(44)51)47(53)49(57-33-39-20-12-6-13-21-39)50(58-34-40-22-14-7-15-23-40)48(56-32-38-18-10-5-11-19-38)46(59-36(2)52)35-54-31-37-16-8-4-9-17-37/h4-30,46,48-50H,3,31-35H2,1-2H3. The number of carbonyl (C=O) groups excluding carboxylic acids is 2. The normalized spacial score (nSPS) is 13.2. The van der Waals surface area contributed by atoms with Gasteiger partial charge in [0.1, 0.15) is 24.1 Å². The number of carbonyl (C=O) groups is 2. The van der Waals surface area contributed by atoms with Gasteiger partial charge in [0.25, 0.3) is 0 Å². The fourth-order valence-corrected chi connectivity index (χ4v) is 6.85. The van der Waals surface area contributed by atoms with Crippen molar-refractivity contribution in [1.82, 2.24) is 0 Å². The molecule has 9 heteroatoms. The zero-order valence-electron chi connectivity index (χ0n) is 33.3. The van der Waals surface area contributed by atoms with Gasteiger partial charge in [0.2, 0.25) is 0 Å². The highest BCUT2D eigenvalue weighted by Crippen LogP contribution is 2.32. The number of ether oxygens (including phenoxy) is 6. The molecule has 6 aromatic rings. The molecule has 0 heterocycles. The Hall–Kier alpha value is -5.61. The first-order chi connectivity index (χ1) is 28.9. The SMILES string of the molecule is CCOc1ccc(-c2cc(C(=O)C(OCc3ccccc3)C(OCc3ccccc3)C(OCc3ccccc3)C(COCc3ccccc3)OC(C)=O)ccc2Cl)cc1.